The zero-order valence-corrected chi connectivity index (χ0v) is 14.9. The van der Waals surface area contributed by atoms with Crippen LogP contribution in [0.5, 0.6) is 0 Å². The highest BCUT2D eigenvalue weighted by atomic mass is 35.5. The quantitative estimate of drug-likeness (QED) is 0.729. The van der Waals surface area contributed by atoms with Crippen molar-refractivity contribution in [3.63, 3.8) is 0 Å². The van der Waals surface area contributed by atoms with Gasteiger partial charge in [-0.25, -0.2) is 9.78 Å². The van der Waals surface area contributed by atoms with Gasteiger partial charge in [-0.05, 0) is 19.0 Å². The number of halogens is 1. The van der Waals surface area contributed by atoms with Crippen LogP contribution in [0.4, 0.5) is 0 Å². The SMILES string of the molecule is CCOC(=O)[C@H](NC(=O)c1csc(CCN)n1)c1ccccc1.Cl. The molecular formula is C16H20ClN3O3S. The molecule has 0 spiro atoms. The van der Waals surface area contributed by atoms with Crippen LogP contribution in [0.1, 0.15) is 34.0 Å². The van der Waals surface area contributed by atoms with Crippen LogP contribution in [0.2, 0.25) is 0 Å². The molecule has 1 amide bonds. The van der Waals surface area contributed by atoms with Crippen LogP contribution in [-0.2, 0) is 16.0 Å². The number of carbonyl (C=O) groups excluding carboxylic acids is 2. The van der Waals surface area contributed by atoms with E-state index < -0.39 is 17.9 Å². The Morgan fingerprint density at radius 3 is 2.67 bits per heavy atom. The molecule has 3 N–H and O–H groups in total. The lowest BCUT2D eigenvalue weighted by Crippen LogP contribution is -2.35. The highest BCUT2D eigenvalue weighted by Gasteiger charge is 2.25. The number of ether oxygens (including phenoxy) is 1. The standard InChI is InChI=1S/C16H19N3O3S.ClH/c1-2-22-16(21)14(11-6-4-3-5-7-11)19-15(20)12-10-23-13(18-12)8-9-17;/h3-7,10,14H,2,8-9,17H2,1H3,(H,19,20);1H/t14-;/m1./s1. The molecule has 2 rings (SSSR count). The number of esters is 1. The number of rotatable bonds is 7. The second kappa shape index (κ2) is 10.0. The first-order chi connectivity index (χ1) is 11.2. The van der Waals surface area contributed by atoms with E-state index in [1.54, 1.807) is 36.6 Å². The molecule has 2 aromatic rings. The van der Waals surface area contributed by atoms with Gasteiger partial charge in [-0.2, -0.15) is 0 Å². The number of amides is 1. The summed E-state index contributed by atoms with van der Waals surface area (Å²) < 4.78 is 5.05. The zero-order valence-electron chi connectivity index (χ0n) is 13.2. The van der Waals surface area contributed by atoms with E-state index >= 15 is 0 Å². The second-order valence-corrected chi connectivity index (χ2v) is 5.68. The van der Waals surface area contributed by atoms with E-state index in [1.807, 2.05) is 6.07 Å². The van der Waals surface area contributed by atoms with Gasteiger partial charge < -0.3 is 15.8 Å². The molecule has 130 valence electrons. The van der Waals surface area contributed by atoms with E-state index in [2.05, 4.69) is 10.3 Å². The van der Waals surface area contributed by atoms with Gasteiger partial charge in [0.25, 0.3) is 5.91 Å². The molecule has 1 heterocycles. The van der Waals surface area contributed by atoms with Crippen LogP contribution >= 0.6 is 23.7 Å². The van der Waals surface area contributed by atoms with Crippen molar-refractivity contribution in [2.75, 3.05) is 13.2 Å². The molecule has 0 aliphatic rings. The monoisotopic (exact) mass is 369 g/mol. The number of hydrogen-bond acceptors (Lipinski definition) is 6. The molecule has 1 aromatic carbocycles. The van der Waals surface area contributed by atoms with Crippen molar-refractivity contribution in [3.8, 4) is 0 Å². The van der Waals surface area contributed by atoms with Crippen LogP contribution in [0.15, 0.2) is 35.7 Å². The molecule has 0 radical (unpaired) electrons. The summed E-state index contributed by atoms with van der Waals surface area (Å²) in [6, 6.07) is 8.12. The molecule has 0 unspecified atom stereocenters. The maximum absolute atomic E-state index is 12.3. The van der Waals surface area contributed by atoms with E-state index in [-0.39, 0.29) is 24.7 Å². The normalized spacial score (nSPS) is 11.2. The fourth-order valence-corrected chi connectivity index (χ4v) is 2.80. The van der Waals surface area contributed by atoms with Crippen LogP contribution < -0.4 is 11.1 Å². The van der Waals surface area contributed by atoms with Crippen molar-refractivity contribution in [2.45, 2.75) is 19.4 Å². The van der Waals surface area contributed by atoms with Crippen molar-refractivity contribution in [1.29, 1.82) is 0 Å². The molecule has 0 saturated carbocycles. The van der Waals surface area contributed by atoms with Gasteiger partial charge in [0, 0.05) is 11.8 Å². The minimum Gasteiger partial charge on any atom is -0.464 e. The van der Waals surface area contributed by atoms with Crippen molar-refractivity contribution < 1.29 is 14.3 Å². The van der Waals surface area contributed by atoms with Gasteiger partial charge in [0.15, 0.2) is 6.04 Å². The molecule has 0 aliphatic carbocycles. The number of thiazole rings is 1. The third-order valence-electron chi connectivity index (χ3n) is 3.07. The Labute approximate surface area is 150 Å². The molecule has 6 nitrogen and oxygen atoms in total. The molecule has 8 heteroatoms. The average Bonchev–Trinajstić information content (AvgIpc) is 3.02. The topological polar surface area (TPSA) is 94.3 Å². The van der Waals surface area contributed by atoms with E-state index in [0.717, 1.165) is 5.01 Å². The Bertz CT molecular complexity index is 664. The van der Waals surface area contributed by atoms with Gasteiger partial charge in [0.05, 0.1) is 11.6 Å². The first-order valence-corrected chi connectivity index (χ1v) is 8.20. The van der Waals surface area contributed by atoms with Crippen LogP contribution in [0, 0.1) is 0 Å². The second-order valence-electron chi connectivity index (χ2n) is 4.73. The maximum Gasteiger partial charge on any atom is 0.333 e. The minimum atomic E-state index is -0.858. The Kier molecular flexibility index (Phi) is 8.39. The first kappa shape index (κ1) is 20.1. The number of benzene rings is 1. The van der Waals surface area contributed by atoms with E-state index in [1.165, 1.54) is 11.3 Å². The molecule has 0 saturated heterocycles. The van der Waals surface area contributed by atoms with Gasteiger partial charge in [-0.3, -0.25) is 4.79 Å². The zero-order chi connectivity index (χ0) is 16.7. The largest absolute Gasteiger partial charge is 0.464 e. The number of nitrogens with two attached hydrogens (primary N) is 1. The van der Waals surface area contributed by atoms with E-state index in [9.17, 15) is 9.59 Å². The molecule has 0 fully saturated rings. The van der Waals surface area contributed by atoms with Crippen LogP contribution in [0.3, 0.4) is 0 Å². The summed E-state index contributed by atoms with van der Waals surface area (Å²) in [6.45, 7) is 2.45. The summed E-state index contributed by atoms with van der Waals surface area (Å²) in [5.74, 6) is -0.907. The van der Waals surface area contributed by atoms with Gasteiger partial charge >= 0.3 is 5.97 Å². The number of nitrogens with one attached hydrogen (secondary N) is 1. The summed E-state index contributed by atoms with van der Waals surface area (Å²) in [5, 5.41) is 5.15. The lowest BCUT2D eigenvalue weighted by Gasteiger charge is -2.17. The third-order valence-corrected chi connectivity index (χ3v) is 3.98. The minimum absolute atomic E-state index is 0. The molecule has 0 bridgehead atoms. The highest BCUT2D eigenvalue weighted by molar-refractivity contribution is 7.09. The number of nitrogens with zero attached hydrogens (tertiary/aromatic N) is 1. The molecule has 1 aromatic heterocycles. The fourth-order valence-electron chi connectivity index (χ4n) is 2.01. The molecule has 0 aliphatic heterocycles. The Morgan fingerprint density at radius 1 is 1.33 bits per heavy atom. The predicted octanol–water partition coefficient (Wildman–Crippen LogP) is 2.10. The fraction of sp³-hybridized carbons (Fsp3) is 0.312. The Morgan fingerprint density at radius 2 is 2.04 bits per heavy atom. The smallest absolute Gasteiger partial charge is 0.333 e. The summed E-state index contributed by atoms with van der Waals surface area (Å²) in [4.78, 5) is 28.7. The maximum atomic E-state index is 12.3. The Hall–Kier alpha value is -1.96. The summed E-state index contributed by atoms with van der Waals surface area (Å²) in [5.41, 5.74) is 6.43. The lowest BCUT2D eigenvalue weighted by atomic mass is 10.1. The predicted molar refractivity (Wildman–Crippen MR) is 95.4 cm³/mol. The molecular weight excluding hydrogens is 350 g/mol. The van der Waals surface area contributed by atoms with Gasteiger partial charge in [-0.1, -0.05) is 30.3 Å². The summed E-state index contributed by atoms with van der Waals surface area (Å²) >= 11 is 1.38. The van der Waals surface area contributed by atoms with E-state index in [0.29, 0.717) is 18.5 Å². The van der Waals surface area contributed by atoms with Crippen molar-refractivity contribution in [1.82, 2.24) is 10.3 Å². The van der Waals surface area contributed by atoms with Gasteiger partial charge in [0.1, 0.15) is 5.69 Å². The lowest BCUT2D eigenvalue weighted by molar-refractivity contribution is -0.145. The van der Waals surface area contributed by atoms with Gasteiger partial charge in [-0.15, -0.1) is 23.7 Å². The number of aromatic nitrogens is 1. The number of hydrogen-bond donors (Lipinski definition) is 2. The van der Waals surface area contributed by atoms with Crippen molar-refractivity contribution >= 4 is 35.6 Å². The molecule has 24 heavy (non-hydrogen) atoms. The molecule has 1 atom stereocenters. The highest BCUT2D eigenvalue weighted by Crippen LogP contribution is 2.16. The summed E-state index contributed by atoms with van der Waals surface area (Å²) in [7, 11) is 0. The third kappa shape index (κ3) is 5.30. The van der Waals surface area contributed by atoms with E-state index in [4.69, 9.17) is 10.5 Å². The van der Waals surface area contributed by atoms with Crippen LogP contribution in [-0.4, -0.2) is 30.0 Å². The summed E-state index contributed by atoms with van der Waals surface area (Å²) in [6.07, 6.45) is 0.623. The van der Waals surface area contributed by atoms with Gasteiger partial charge in [0.2, 0.25) is 0 Å². The van der Waals surface area contributed by atoms with Crippen molar-refractivity contribution in [3.05, 3.63) is 52.0 Å². The number of carbonyl (C=O) groups is 2. The first-order valence-electron chi connectivity index (χ1n) is 7.32. The Balaban J connectivity index is 0.00000288. The van der Waals surface area contributed by atoms with Crippen molar-refractivity contribution in [2.24, 2.45) is 5.73 Å². The average molecular weight is 370 g/mol. The van der Waals surface area contributed by atoms with Crippen LogP contribution in [0.25, 0.3) is 0 Å².